The first-order valence-electron chi connectivity index (χ1n) is 12.6. The normalized spacial score (nSPS) is 11.9. The first-order valence-corrected chi connectivity index (χ1v) is 12.6. The van der Waals surface area contributed by atoms with E-state index >= 15 is 0 Å². The maximum absolute atomic E-state index is 11.4. The van der Waals surface area contributed by atoms with Crippen molar-refractivity contribution in [3.8, 4) is 0 Å². The maximum atomic E-state index is 11.4. The number of carboxylic acids is 1. The summed E-state index contributed by atoms with van der Waals surface area (Å²) >= 11 is 0. The van der Waals surface area contributed by atoms with Crippen LogP contribution in [0.25, 0.3) is 36.5 Å². The van der Waals surface area contributed by atoms with E-state index in [0.29, 0.717) is 6.42 Å². The van der Waals surface area contributed by atoms with Crippen molar-refractivity contribution in [1.29, 1.82) is 0 Å². The fourth-order valence-corrected chi connectivity index (χ4v) is 5.14. The van der Waals surface area contributed by atoms with Crippen LogP contribution in [0, 0.1) is 34.6 Å². The standard InChI is InChI=1S/C32H30N4O2.Fe/c1-8-21-18(5)26-12-24-16(3)17(4)25(33-24)13-31-23(10-11-32(37)38)20(7)28(36-31)15-30-22(9-2)19(6)27(35-30)14-29(21)34-26;/h8-9,12-15H,1-2,10-11H2,3-7H3,(H,37,38);/q-4;+4. The van der Waals surface area contributed by atoms with E-state index in [9.17, 15) is 9.90 Å². The van der Waals surface area contributed by atoms with Crippen LogP contribution in [0.15, 0.2) is 13.2 Å². The molecule has 1 aliphatic heterocycles. The second kappa shape index (κ2) is 10.7. The van der Waals surface area contributed by atoms with Gasteiger partial charge in [-0.1, -0.05) is 83.0 Å². The molecule has 6 nitrogen and oxygen atoms in total. The van der Waals surface area contributed by atoms with Crippen LogP contribution in [0.4, 0.5) is 0 Å². The number of rotatable bonds is 5. The van der Waals surface area contributed by atoms with E-state index in [1.165, 1.54) is 0 Å². The molecule has 0 unspecified atom stereocenters. The molecule has 0 aromatic carbocycles. The average Bonchev–Trinajstić information content (AvgIpc) is 3.52. The summed E-state index contributed by atoms with van der Waals surface area (Å²) in [5, 5.41) is 12.6. The summed E-state index contributed by atoms with van der Waals surface area (Å²) in [4.78, 5) is 31.2. The van der Waals surface area contributed by atoms with E-state index in [1.54, 1.807) is 0 Å². The zero-order valence-corrected chi connectivity index (χ0v) is 23.9. The average molecular weight is 558 g/mol. The van der Waals surface area contributed by atoms with Gasteiger partial charge in [-0.15, -0.1) is 44.2 Å². The minimum atomic E-state index is -0.839. The van der Waals surface area contributed by atoms with Gasteiger partial charge in [-0.05, 0) is 52.2 Å². The number of nitrogens with zero attached hydrogens (tertiary/aromatic N) is 4. The second-order valence-corrected chi connectivity index (χ2v) is 9.84. The number of carboxylic acid groups (broad SMARTS) is 1. The van der Waals surface area contributed by atoms with Crippen LogP contribution in [-0.2, 0) is 28.3 Å². The Balaban J connectivity index is 0.00000353. The van der Waals surface area contributed by atoms with Crippen LogP contribution in [0.5, 0.6) is 0 Å². The zero-order valence-electron chi connectivity index (χ0n) is 22.8. The van der Waals surface area contributed by atoms with Gasteiger partial charge in [-0.2, -0.15) is 0 Å². The Morgan fingerprint density at radius 1 is 0.667 bits per heavy atom. The minimum absolute atomic E-state index is 0. The molecule has 5 rings (SSSR count). The van der Waals surface area contributed by atoms with Gasteiger partial charge < -0.3 is 25.0 Å². The Bertz CT molecular complexity index is 1890. The molecule has 198 valence electrons. The molecule has 0 saturated heterocycles. The SMILES string of the molecule is C=Cc1c2[n-]c(c1C)C=c1[n-]c(c(C)c1C)=Cc1[n-]c(c(C)c1CCC(=O)O)C=c1[n-]c(c(C)c1C=C)=C2.[Fe+4]. The Hall–Kier alpha value is -3.93. The van der Waals surface area contributed by atoms with Crippen LogP contribution < -0.4 is 41.3 Å². The van der Waals surface area contributed by atoms with Gasteiger partial charge in [0, 0.05) is 6.42 Å². The fourth-order valence-electron chi connectivity index (χ4n) is 5.14. The summed E-state index contributed by atoms with van der Waals surface area (Å²) in [6.07, 6.45) is 12.0. The van der Waals surface area contributed by atoms with E-state index in [1.807, 2.05) is 64.2 Å². The molecule has 7 heteroatoms. The van der Waals surface area contributed by atoms with Crippen molar-refractivity contribution in [3.05, 3.63) is 102 Å². The molecule has 0 radical (unpaired) electrons. The third-order valence-electron chi connectivity index (χ3n) is 7.66. The van der Waals surface area contributed by atoms with Crippen molar-refractivity contribution in [2.45, 2.75) is 47.5 Å². The summed E-state index contributed by atoms with van der Waals surface area (Å²) in [6, 6.07) is 0. The monoisotopic (exact) mass is 558 g/mol. The van der Waals surface area contributed by atoms with Crippen LogP contribution in [0.3, 0.4) is 0 Å². The zero-order chi connectivity index (χ0) is 27.3. The molecule has 1 aliphatic rings. The molecule has 5 heterocycles. The summed E-state index contributed by atoms with van der Waals surface area (Å²) < 4.78 is 0. The predicted octanol–water partition coefficient (Wildman–Crippen LogP) is 1.99. The summed E-state index contributed by atoms with van der Waals surface area (Å²) in [6.45, 7) is 18.2. The summed E-state index contributed by atoms with van der Waals surface area (Å²) in [7, 11) is 0. The molecule has 4 aromatic rings. The molecular formula is C32H30FeN4O2. The van der Waals surface area contributed by atoms with Gasteiger partial charge in [0.05, 0.1) is 0 Å². The number of hydrogen-bond donors (Lipinski definition) is 1. The molecule has 0 aliphatic carbocycles. The van der Waals surface area contributed by atoms with Crippen molar-refractivity contribution < 1.29 is 27.0 Å². The van der Waals surface area contributed by atoms with Crippen molar-refractivity contribution in [2.24, 2.45) is 0 Å². The molecule has 0 atom stereocenters. The second-order valence-electron chi connectivity index (χ2n) is 9.84. The molecule has 0 spiro atoms. The fraction of sp³-hybridized carbons (Fsp3) is 0.219. The van der Waals surface area contributed by atoms with Crippen molar-refractivity contribution >= 4 is 42.4 Å². The third-order valence-corrected chi connectivity index (χ3v) is 7.66. The van der Waals surface area contributed by atoms with Gasteiger partial charge in [0.1, 0.15) is 0 Å². The minimum Gasteiger partial charge on any atom is -0.657 e. The molecular weight excluding hydrogens is 528 g/mol. The topological polar surface area (TPSA) is 93.7 Å². The van der Waals surface area contributed by atoms with Gasteiger partial charge in [-0.3, -0.25) is 4.79 Å². The van der Waals surface area contributed by atoms with Crippen LogP contribution in [0.1, 0.15) is 73.7 Å². The molecule has 39 heavy (non-hydrogen) atoms. The first kappa shape index (κ1) is 28.1. The first-order chi connectivity index (χ1) is 18.1. The van der Waals surface area contributed by atoms with Crippen LogP contribution >= 0.6 is 0 Å². The Morgan fingerprint density at radius 3 is 1.77 bits per heavy atom. The smallest absolute Gasteiger partial charge is 0.657 e. The van der Waals surface area contributed by atoms with Crippen LogP contribution in [0.2, 0.25) is 0 Å². The van der Waals surface area contributed by atoms with Gasteiger partial charge in [0.25, 0.3) is 0 Å². The van der Waals surface area contributed by atoms with E-state index in [0.717, 1.165) is 88.7 Å². The number of hydrogen-bond acceptors (Lipinski definition) is 1. The molecule has 4 aromatic heterocycles. The summed E-state index contributed by atoms with van der Waals surface area (Å²) in [5.41, 5.74) is 11.1. The van der Waals surface area contributed by atoms with E-state index in [2.05, 4.69) is 20.1 Å². The number of aromatic nitrogens is 4. The van der Waals surface area contributed by atoms with Gasteiger partial charge >= 0.3 is 23.0 Å². The number of aliphatic carboxylic acids is 1. The van der Waals surface area contributed by atoms with E-state index < -0.39 is 5.97 Å². The largest absolute Gasteiger partial charge is 4.00 e. The number of fused-ring (bicyclic) bond motifs is 8. The van der Waals surface area contributed by atoms with Gasteiger partial charge in [-0.25, -0.2) is 0 Å². The van der Waals surface area contributed by atoms with Crippen LogP contribution in [-0.4, -0.2) is 11.1 Å². The molecule has 8 bridgehead atoms. The van der Waals surface area contributed by atoms with E-state index in [4.69, 9.17) is 19.9 Å². The molecule has 0 amide bonds. The Kier molecular flexibility index (Phi) is 7.69. The molecule has 0 saturated carbocycles. The maximum Gasteiger partial charge on any atom is 4.00 e. The van der Waals surface area contributed by atoms with Crippen molar-refractivity contribution in [1.82, 2.24) is 19.9 Å². The van der Waals surface area contributed by atoms with Crippen molar-refractivity contribution in [2.75, 3.05) is 0 Å². The van der Waals surface area contributed by atoms with Gasteiger partial charge in [0.15, 0.2) is 0 Å². The predicted molar refractivity (Wildman–Crippen MR) is 152 cm³/mol. The van der Waals surface area contributed by atoms with Crippen molar-refractivity contribution in [3.63, 3.8) is 0 Å². The Morgan fingerprint density at radius 2 is 1.15 bits per heavy atom. The molecule has 1 N–H and O–H groups in total. The Labute approximate surface area is 238 Å². The summed E-state index contributed by atoms with van der Waals surface area (Å²) in [5.74, 6) is -0.839. The number of carbonyl (C=O) groups is 1. The van der Waals surface area contributed by atoms with Gasteiger partial charge in [0.2, 0.25) is 0 Å². The quantitative estimate of drug-likeness (QED) is 0.332. The third kappa shape index (κ3) is 4.84. The van der Waals surface area contributed by atoms with E-state index in [-0.39, 0.29) is 23.5 Å². The molecule has 0 fully saturated rings.